The number of esters is 1. The Balaban J connectivity index is 1.28. The molecule has 1 aliphatic heterocycles. The number of benzene rings is 1. The second kappa shape index (κ2) is 10.2. The molecule has 0 bridgehead atoms. The molecule has 4 aliphatic carbocycles. The van der Waals surface area contributed by atoms with Crippen LogP contribution in [-0.2, 0) is 4.74 Å². The maximum absolute atomic E-state index is 13.1. The van der Waals surface area contributed by atoms with Gasteiger partial charge in [-0.15, -0.1) is 0 Å². The Labute approximate surface area is 259 Å². The Bertz CT molecular complexity index is 1330. The van der Waals surface area contributed by atoms with E-state index >= 15 is 0 Å². The molecule has 4 fully saturated rings. The average Bonchev–Trinajstić information content (AvgIpc) is 3.07. The van der Waals surface area contributed by atoms with Gasteiger partial charge < -0.3 is 15.2 Å². The number of ether oxygens (including phenoxy) is 1. The van der Waals surface area contributed by atoms with Crippen molar-refractivity contribution < 1.29 is 19.4 Å². The minimum absolute atomic E-state index is 0.00309. The summed E-state index contributed by atoms with van der Waals surface area (Å²) in [4.78, 5) is 24.8. The Morgan fingerprint density at radius 3 is 2.33 bits per heavy atom. The minimum atomic E-state index is -1.10. The third-order valence-corrected chi connectivity index (χ3v) is 14.5. The van der Waals surface area contributed by atoms with Crippen molar-refractivity contribution in [1.29, 1.82) is 0 Å². The molecule has 0 radical (unpaired) electrons. The van der Waals surface area contributed by atoms with Gasteiger partial charge in [0.05, 0.1) is 17.7 Å². The van der Waals surface area contributed by atoms with E-state index in [2.05, 4.69) is 59.9 Å². The number of allylic oxidation sites excluding steroid dienone is 2. The van der Waals surface area contributed by atoms with Crippen LogP contribution in [0.15, 0.2) is 35.9 Å². The summed E-state index contributed by atoms with van der Waals surface area (Å²) in [7, 11) is 0. The molecule has 0 aromatic heterocycles. The molecular weight excluding hydrogens is 534 g/mol. The smallest absolute Gasteiger partial charge is 0.339 e. The van der Waals surface area contributed by atoms with E-state index in [1.54, 1.807) is 23.8 Å². The lowest BCUT2D eigenvalue weighted by Crippen LogP contribution is -2.63. The topological polar surface area (TPSA) is 75.6 Å². The molecule has 43 heavy (non-hydrogen) atoms. The molecule has 236 valence electrons. The monoisotopic (exact) mass is 589 g/mol. The van der Waals surface area contributed by atoms with Crippen LogP contribution in [0.1, 0.15) is 133 Å². The number of nitrogens with one attached hydrogen (secondary N) is 1. The quantitative estimate of drug-likeness (QED) is 0.271. The summed E-state index contributed by atoms with van der Waals surface area (Å²) in [6.07, 6.45) is 14.8. The SMILES string of the molecule is CC1(C)NCCC[C@]2(C)[C@H]3CC=C4[C@@H]5C[C@](C)(COC(=O)c6ccccc6C(=O)O)CC[C@]5(C)CC[C@@]4(C)[C@]3(C)CC[C@@H]12. The van der Waals surface area contributed by atoms with Crippen LogP contribution in [0.25, 0.3) is 0 Å². The summed E-state index contributed by atoms with van der Waals surface area (Å²) in [5.41, 5.74) is 2.99. The highest BCUT2D eigenvalue weighted by molar-refractivity contribution is 6.02. The van der Waals surface area contributed by atoms with Gasteiger partial charge in [-0.05, 0) is 136 Å². The molecule has 3 saturated carbocycles. The molecule has 0 amide bonds. The van der Waals surface area contributed by atoms with Crippen molar-refractivity contribution in [3.63, 3.8) is 0 Å². The number of rotatable bonds is 4. The van der Waals surface area contributed by atoms with E-state index in [1.807, 2.05) is 0 Å². The van der Waals surface area contributed by atoms with E-state index in [0.717, 1.165) is 25.8 Å². The van der Waals surface area contributed by atoms with Crippen molar-refractivity contribution >= 4 is 11.9 Å². The highest BCUT2D eigenvalue weighted by Gasteiger charge is 2.66. The first-order chi connectivity index (χ1) is 20.1. The number of hydrogen-bond donors (Lipinski definition) is 2. The number of carboxylic acid groups (broad SMARTS) is 1. The Morgan fingerprint density at radius 2 is 1.60 bits per heavy atom. The zero-order valence-corrected chi connectivity index (χ0v) is 27.8. The molecule has 5 heteroatoms. The van der Waals surface area contributed by atoms with Crippen molar-refractivity contribution in [2.75, 3.05) is 13.2 Å². The van der Waals surface area contributed by atoms with Crippen LogP contribution in [0.3, 0.4) is 0 Å². The van der Waals surface area contributed by atoms with Gasteiger partial charge in [0.1, 0.15) is 0 Å². The van der Waals surface area contributed by atoms with Crippen molar-refractivity contribution in [2.45, 2.75) is 118 Å². The van der Waals surface area contributed by atoms with Crippen LogP contribution < -0.4 is 5.32 Å². The molecule has 1 heterocycles. The third-order valence-electron chi connectivity index (χ3n) is 14.5. The van der Waals surface area contributed by atoms with E-state index in [1.165, 1.54) is 51.0 Å². The maximum Gasteiger partial charge on any atom is 0.339 e. The number of carbonyl (C=O) groups is 2. The Morgan fingerprint density at radius 1 is 0.907 bits per heavy atom. The predicted molar refractivity (Wildman–Crippen MR) is 171 cm³/mol. The summed E-state index contributed by atoms with van der Waals surface area (Å²) in [5.74, 6) is 0.258. The fraction of sp³-hybridized carbons (Fsp3) is 0.737. The Kier molecular flexibility index (Phi) is 7.31. The van der Waals surface area contributed by atoms with Gasteiger partial charge in [0.2, 0.25) is 0 Å². The van der Waals surface area contributed by atoms with Gasteiger partial charge in [-0.1, -0.05) is 58.4 Å². The highest BCUT2D eigenvalue weighted by Crippen LogP contribution is 2.74. The molecule has 1 aromatic rings. The van der Waals surface area contributed by atoms with Gasteiger partial charge in [-0.2, -0.15) is 0 Å². The van der Waals surface area contributed by atoms with Crippen molar-refractivity contribution in [2.24, 2.45) is 44.8 Å². The Hall–Kier alpha value is -2.14. The first-order valence-electron chi connectivity index (χ1n) is 17.0. The summed E-state index contributed by atoms with van der Waals surface area (Å²) in [6, 6.07) is 6.37. The van der Waals surface area contributed by atoms with Gasteiger partial charge in [0.25, 0.3) is 0 Å². The summed E-state index contributed by atoms with van der Waals surface area (Å²) < 4.78 is 5.92. The molecule has 5 aliphatic rings. The number of carbonyl (C=O) groups excluding carboxylic acids is 1. The zero-order valence-electron chi connectivity index (χ0n) is 27.8. The molecule has 1 saturated heterocycles. The van der Waals surface area contributed by atoms with Crippen molar-refractivity contribution in [3.05, 3.63) is 47.0 Å². The summed E-state index contributed by atoms with van der Waals surface area (Å²) in [5, 5.41) is 13.5. The molecule has 5 nitrogen and oxygen atoms in total. The van der Waals surface area contributed by atoms with E-state index in [-0.39, 0.29) is 38.3 Å². The summed E-state index contributed by atoms with van der Waals surface area (Å²) in [6.45, 7) is 19.1. The molecule has 0 spiro atoms. The zero-order chi connectivity index (χ0) is 31.1. The first kappa shape index (κ1) is 30.9. The predicted octanol–water partition coefficient (Wildman–Crippen LogP) is 8.69. The van der Waals surface area contributed by atoms with Crippen LogP contribution in [-0.4, -0.2) is 35.7 Å². The second-order valence-electron chi connectivity index (χ2n) is 17.2. The van der Waals surface area contributed by atoms with Gasteiger partial charge in [-0.3, -0.25) is 0 Å². The summed E-state index contributed by atoms with van der Waals surface area (Å²) >= 11 is 0. The largest absolute Gasteiger partial charge is 0.478 e. The van der Waals surface area contributed by atoms with E-state index in [0.29, 0.717) is 29.8 Å². The van der Waals surface area contributed by atoms with Gasteiger partial charge in [0.15, 0.2) is 0 Å². The average molecular weight is 590 g/mol. The van der Waals surface area contributed by atoms with Crippen LogP contribution in [0.5, 0.6) is 0 Å². The van der Waals surface area contributed by atoms with Crippen molar-refractivity contribution in [1.82, 2.24) is 5.32 Å². The fourth-order valence-electron chi connectivity index (χ4n) is 11.6. The van der Waals surface area contributed by atoms with Crippen LogP contribution in [0.4, 0.5) is 0 Å². The van der Waals surface area contributed by atoms with E-state index < -0.39 is 11.9 Å². The minimum Gasteiger partial charge on any atom is -0.478 e. The van der Waals surface area contributed by atoms with Crippen molar-refractivity contribution in [3.8, 4) is 0 Å². The lowest BCUT2D eigenvalue weighted by molar-refractivity contribution is -0.157. The normalized spacial score (nSPS) is 43.5. The maximum atomic E-state index is 13.1. The molecule has 2 N–H and O–H groups in total. The molecule has 8 atom stereocenters. The fourth-order valence-corrected chi connectivity index (χ4v) is 11.6. The number of carboxylic acids is 1. The lowest BCUT2D eigenvalue weighted by Gasteiger charge is -2.70. The van der Waals surface area contributed by atoms with Crippen LogP contribution in [0.2, 0.25) is 0 Å². The second-order valence-corrected chi connectivity index (χ2v) is 17.2. The first-order valence-corrected chi connectivity index (χ1v) is 17.0. The molecule has 1 aromatic carbocycles. The molecule has 6 rings (SSSR count). The lowest BCUT2D eigenvalue weighted by atomic mass is 9.35. The number of aromatic carboxylic acids is 1. The van der Waals surface area contributed by atoms with Crippen LogP contribution in [0, 0.1) is 44.8 Å². The van der Waals surface area contributed by atoms with E-state index in [4.69, 9.17) is 4.74 Å². The standard InChI is InChI=1S/C38H55NO4/c1-33(2)29-15-17-38(7)30(36(29,5)16-10-22-39-33)14-13-27-28-23-34(3,18-19-35(28,4)20-21-37(27,38)6)24-43-32(42)26-12-9-8-11-25(26)31(40)41/h8-9,11-13,28-30,39H,10,14-24H2,1-7H3,(H,40,41)/t28-,29-,30+,34+,35+,36-,37+,38+/m0/s1. The van der Waals surface area contributed by atoms with Gasteiger partial charge in [0, 0.05) is 11.0 Å². The van der Waals surface area contributed by atoms with E-state index in [9.17, 15) is 14.7 Å². The molecule has 0 unspecified atom stereocenters. The highest BCUT2D eigenvalue weighted by atomic mass is 16.5. The number of fused-ring (bicyclic) bond motifs is 7. The molecular formula is C38H55NO4. The van der Waals surface area contributed by atoms with Gasteiger partial charge >= 0.3 is 11.9 Å². The number of hydrogen-bond acceptors (Lipinski definition) is 4. The van der Waals surface area contributed by atoms with Gasteiger partial charge in [-0.25, -0.2) is 9.59 Å². The van der Waals surface area contributed by atoms with Crippen LogP contribution >= 0.6 is 0 Å². The third kappa shape index (κ3) is 4.65.